The Morgan fingerprint density at radius 2 is 2.00 bits per heavy atom. The van der Waals surface area contributed by atoms with Crippen molar-refractivity contribution in [3.63, 3.8) is 0 Å². The van der Waals surface area contributed by atoms with E-state index in [0.717, 1.165) is 3.39 Å². The normalized spacial score (nSPS) is 31.1. The molecule has 0 saturated heterocycles. The van der Waals surface area contributed by atoms with Gasteiger partial charge < -0.3 is 0 Å². The van der Waals surface area contributed by atoms with Crippen LogP contribution >= 0.6 is 43.5 Å². The topological polar surface area (TPSA) is 17.1 Å². The van der Waals surface area contributed by atoms with Crippen LogP contribution in [0.1, 0.15) is 13.8 Å². The summed E-state index contributed by atoms with van der Waals surface area (Å²) in [5.74, 6) is 0.237. The molecule has 0 unspecified atom stereocenters. The Kier molecular flexibility index (Phi) is 3.07. The van der Waals surface area contributed by atoms with Gasteiger partial charge in [0.1, 0.15) is 0 Å². The lowest BCUT2D eigenvalue weighted by molar-refractivity contribution is -0.113. The Balaban J connectivity index is 2.73. The first-order chi connectivity index (χ1) is 5.37. The van der Waals surface area contributed by atoms with Crippen LogP contribution < -0.4 is 0 Å². The molecule has 1 rings (SSSR count). The SMILES string of the molecule is CC1(C)[C@H](C(=O)Cl)[C@@H]1C=C(Br)Br. The molecule has 0 heterocycles. The van der Waals surface area contributed by atoms with E-state index >= 15 is 0 Å². The standard InChI is InChI=1S/C8H9Br2ClO/c1-8(2)4(3-5(9)10)6(8)7(11)12/h3-4,6H,1-2H3/t4-,6-/m0/s1. The molecule has 0 aromatic heterocycles. The number of allylic oxidation sites excluding steroid dienone is 1. The lowest BCUT2D eigenvalue weighted by Gasteiger charge is -1.96. The second-order valence-electron chi connectivity index (χ2n) is 3.59. The summed E-state index contributed by atoms with van der Waals surface area (Å²) in [4.78, 5) is 10.9. The highest BCUT2D eigenvalue weighted by molar-refractivity contribution is 9.28. The van der Waals surface area contributed by atoms with Crippen LogP contribution in [0.3, 0.4) is 0 Å². The summed E-state index contributed by atoms with van der Waals surface area (Å²) in [6, 6.07) is 0. The molecule has 0 aromatic carbocycles. The average molecular weight is 316 g/mol. The van der Waals surface area contributed by atoms with E-state index in [9.17, 15) is 4.79 Å². The predicted octanol–water partition coefficient (Wildman–Crippen LogP) is 3.66. The number of carbonyl (C=O) groups is 1. The van der Waals surface area contributed by atoms with E-state index in [1.807, 2.05) is 19.9 Å². The molecule has 0 radical (unpaired) electrons. The van der Waals surface area contributed by atoms with Crippen molar-refractivity contribution in [1.29, 1.82) is 0 Å². The van der Waals surface area contributed by atoms with Gasteiger partial charge >= 0.3 is 0 Å². The van der Waals surface area contributed by atoms with Gasteiger partial charge in [0, 0.05) is 5.92 Å². The maximum atomic E-state index is 10.9. The van der Waals surface area contributed by atoms with Crippen molar-refractivity contribution >= 4 is 48.7 Å². The van der Waals surface area contributed by atoms with Gasteiger partial charge in [0.05, 0.1) is 3.39 Å². The van der Waals surface area contributed by atoms with E-state index in [0.29, 0.717) is 0 Å². The summed E-state index contributed by atoms with van der Waals surface area (Å²) in [5.41, 5.74) is 0.0195. The van der Waals surface area contributed by atoms with Gasteiger partial charge in [-0.25, -0.2) is 0 Å². The molecule has 0 aliphatic heterocycles. The summed E-state index contributed by atoms with van der Waals surface area (Å²) in [5, 5.41) is -0.234. The van der Waals surface area contributed by atoms with Crippen molar-refractivity contribution in [2.24, 2.45) is 17.3 Å². The number of hydrogen-bond donors (Lipinski definition) is 0. The summed E-state index contributed by atoms with van der Waals surface area (Å²) in [6.45, 7) is 4.09. The first kappa shape index (κ1) is 10.7. The van der Waals surface area contributed by atoms with E-state index < -0.39 is 0 Å². The molecular weight excluding hydrogens is 307 g/mol. The highest BCUT2D eigenvalue weighted by Crippen LogP contribution is 2.60. The fourth-order valence-corrected chi connectivity index (χ4v) is 2.54. The molecule has 4 heteroatoms. The number of rotatable bonds is 2. The van der Waals surface area contributed by atoms with Crippen molar-refractivity contribution < 1.29 is 4.79 Å². The molecule has 1 nitrogen and oxygen atoms in total. The van der Waals surface area contributed by atoms with E-state index in [2.05, 4.69) is 31.9 Å². The van der Waals surface area contributed by atoms with E-state index in [1.165, 1.54) is 0 Å². The third-order valence-corrected chi connectivity index (χ3v) is 3.22. The zero-order valence-electron chi connectivity index (χ0n) is 6.77. The fourth-order valence-electron chi connectivity index (χ4n) is 1.56. The van der Waals surface area contributed by atoms with Crippen molar-refractivity contribution in [1.82, 2.24) is 0 Å². The highest BCUT2D eigenvalue weighted by Gasteiger charge is 2.59. The fraction of sp³-hybridized carbons (Fsp3) is 0.625. The first-order valence-corrected chi connectivity index (χ1v) is 5.56. The van der Waals surface area contributed by atoms with Gasteiger partial charge in [0.2, 0.25) is 5.24 Å². The zero-order valence-corrected chi connectivity index (χ0v) is 10.7. The van der Waals surface area contributed by atoms with Crippen LogP contribution in [0.2, 0.25) is 0 Å². The van der Waals surface area contributed by atoms with Crippen LogP contribution in [0.5, 0.6) is 0 Å². The molecule has 2 atom stereocenters. The Labute approximate surface area is 93.8 Å². The Morgan fingerprint density at radius 1 is 1.50 bits per heavy atom. The molecule has 1 fully saturated rings. The van der Waals surface area contributed by atoms with Gasteiger partial charge in [-0.15, -0.1) is 0 Å². The highest BCUT2D eigenvalue weighted by atomic mass is 79.9. The summed E-state index contributed by atoms with van der Waals surface area (Å²) >= 11 is 12.0. The Morgan fingerprint density at radius 3 is 2.25 bits per heavy atom. The summed E-state index contributed by atoms with van der Waals surface area (Å²) in [6.07, 6.45) is 1.98. The van der Waals surface area contributed by atoms with Crippen molar-refractivity contribution in [3.8, 4) is 0 Å². The molecule has 0 spiro atoms. The van der Waals surface area contributed by atoms with Crippen molar-refractivity contribution in [3.05, 3.63) is 9.47 Å². The molecule has 0 N–H and O–H groups in total. The lowest BCUT2D eigenvalue weighted by Crippen LogP contribution is -1.96. The first-order valence-electron chi connectivity index (χ1n) is 3.59. The molecule has 0 bridgehead atoms. The number of halogens is 3. The molecular formula is C8H9Br2ClO. The zero-order chi connectivity index (χ0) is 9.52. The lowest BCUT2D eigenvalue weighted by atomic mass is 10.1. The van der Waals surface area contributed by atoms with Crippen LogP contribution in [0.4, 0.5) is 0 Å². The molecule has 0 amide bonds. The van der Waals surface area contributed by atoms with Crippen molar-refractivity contribution in [2.45, 2.75) is 13.8 Å². The van der Waals surface area contributed by atoms with Crippen LogP contribution in [0, 0.1) is 17.3 Å². The van der Waals surface area contributed by atoms with Crippen LogP contribution in [0.25, 0.3) is 0 Å². The van der Waals surface area contributed by atoms with Gasteiger partial charge in [-0.1, -0.05) is 19.9 Å². The predicted molar refractivity (Wildman–Crippen MR) is 57.6 cm³/mol. The smallest absolute Gasteiger partial charge is 0.225 e. The molecule has 1 aliphatic carbocycles. The maximum Gasteiger partial charge on any atom is 0.225 e. The van der Waals surface area contributed by atoms with Gasteiger partial charge in [-0.2, -0.15) is 0 Å². The molecule has 1 aliphatic rings. The maximum absolute atomic E-state index is 10.9. The van der Waals surface area contributed by atoms with E-state index in [1.54, 1.807) is 0 Å². The van der Waals surface area contributed by atoms with Gasteiger partial charge in [-0.3, -0.25) is 4.79 Å². The van der Waals surface area contributed by atoms with Crippen molar-refractivity contribution in [2.75, 3.05) is 0 Å². The third-order valence-electron chi connectivity index (χ3n) is 2.46. The second-order valence-corrected chi connectivity index (χ2v) is 6.73. The van der Waals surface area contributed by atoms with Crippen LogP contribution in [-0.4, -0.2) is 5.24 Å². The number of carbonyl (C=O) groups excluding carboxylic acids is 1. The van der Waals surface area contributed by atoms with Crippen LogP contribution in [-0.2, 0) is 4.79 Å². The molecule has 12 heavy (non-hydrogen) atoms. The Bertz CT molecular complexity index is 243. The third kappa shape index (κ3) is 1.94. The summed E-state index contributed by atoms with van der Waals surface area (Å²) < 4.78 is 0.883. The molecule has 1 saturated carbocycles. The Hall–Kier alpha value is 0.660. The summed E-state index contributed by atoms with van der Waals surface area (Å²) in [7, 11) is 0. The largest absolute Gasteiger partial charge is 0.281 e. The van der Waals surface area contributed by atoms with Gasteiger partial charge in [-0.05, 0) is 54.8 Å². The van der Waals surface area contributed by atoms with Gasteiger partial charge in [0.25, 0.3) is 0 Å². The molecule has 68 valence electrons. The monoisotopic (exact) mass is 314 g/mol. The minimum atomic E-state index is -0.234. The van der Waals surface area contributed by atoms with E-state index in [4.69, 9.17) is 11.6 Å². The second kappa shape index (κ2) is 3.43. The van der Waals surface area contributed by atoms with E-state index in [-0.39, 0.29) is 22.5 Å². The minimum Gasteiger partial charge on any atom is -0.281 e. The van der Waals surface area contributed by atoms with Crippen LogP contribution in [0.15, 0.2) is 9.47 Å². The van der Waals surface area contributed by atoms with Gasteiger partial charge in [0.15, 0.2) is 0 Å². The molecule has 0 aromatic rings. The average Bonchev–Trinajstić information content (AvgIpc) is 2.32. The quantitative estimate of drug-likeness (QED) is 0.711. The number of hydrogen-bond acceptors (Lipinski definition) is 1. The minimum absolute atomic E-state index is 0.0195.